The van der Waals surface area contributed by atoms with E-state index >= 15 is 0 Å². The number of carbonyl (C=O) groups is 1. The molecule has 1 aliphatic carbocycles. The fourth-order valence-corrected chi connectivity index (χ4v) is 4.06. The molecule has 0 bridgehead atoms. The van der Waals surface area contributed by atoms with Gasteiger partial charge in [0.15, 0.2) is 0 Å². The average Bonchev–Trinajstić information content (AvgIpc) is 2.66. The number of ether oxygens (including phenoxy) is 2. The number of methoxy groups -OCH3 is 2. The lowest BCUT2D eigenvalue weighted by atomic mass is 9.85. The van der Waals surface area contributed by atoms with Crippen LogP contribution in [0.3, 0.4) is 0 Å². The van der Waals surface area contributed by atoms with E-state index in [9.17, 15) is 13.6 Å². The summed E-state index contributed by atoms with van der Waals surface area (Å²) in [4.78, 5) is 14.5. The van der Waals surface area contributed by atoms with Gasteiger partial charge in [0.25, 0.3) is 0 Å². The summed E-state index contributed by atoms with van der Waals surface area (Å²) in [6.45, 7) is 1.17. The molecule has 1 saturated heterocycles. The fraction of sp³-hybridized carbons (Fsp3) is 0.650. The lowest BCUT2D eigenvalue weighted by molar-refractivity contribution is -0.143. The van der Waals surface area contributed by atoms with Crippen molar-refractivity contribution < 1.29 is 23.0 Å². The Hall–Kier alpha value is -2.05. The number of nitrogens with one attached hydrogen (secondary N) is 1. The van der Waals surface area contributed by atoms with E-state index in [0.29, 0.717) is 37.4 Å². The van der Waals surface area contributed by atoms with Crippen molar-refractivity contribution in [2.45, 2.75) is 50.5 Å². The number of amides is 1. The molecule has 1 aromatic carbocycles. The first kappa shape index (κ1) is 19.7. The van der Waals surface area contributed by atoms with Crippen LogP contribution >= 0.6 is 0 Å². The highest BCUT2D eigenvalue weighted by molar-refractivity contribution is 5.79. The molecule has 1 N–H and O–H groups in total. The Kier molecular flexibility index (Phi) is 6.07. The molecule has 0 radical (unpaired) electrons. The van der Waals surface area contributed by atoms with Gasteiger partial charge in [-0.15, -0.1) is 0 Å². The summed E-state index contributed by atoms with van der Waals surface area (Å²) < 4.78 is 37.9. The molecule has 27 heavy (non-hydrogen) atoms. The molecule has 1 aliphatic heterocycles. The Bertz CT molecular complexity index is 646. The molecule has 1 amide bonds. The number of nitrogens with zero attached hydrogens (tertiary/aromatic N) is 1. The van der Waals surface area contributed by atoms with Gasteiger partial charge in [0.05, 0.1) is 14.2 Å². The third-order valence-corrected chi connectivity index (χ3v) is 5.44. The number of hydrogen-bond acceptors (Lipinski definition) is 4. The summed E-state index contributed by atoms with van der Waals surface area (Å²) in [6, 6.07) is 5.63. The number of hydrogen-bond donors (Lipinski definition) is 1. The van der Waals surface area contributed by atoms with Gasteiger partial charge in [-0.3, -0.25) is 4.79 Å². The molecule has 150 valence electrons. The quantitative estimate of drug-likeness (QED) is 0.838. The minimum atomic E-state index is -2.71. The molecule has 1 aromatic rings. The standard InChI is InChI=1S/C20H28F2N2O3/c1-26-17-9-16(10-18(11-17)27-2)23-15-6-4-8-24(13-15)19(25)14-5-3-7-20(21,22)12-14/h9-11,14-15,23H,3-8,12-13H2,1-2H3/t14-,15-/m1/s1. The zero-order valence-electron chi connectivity index (χ0n) is 16.0. The monoisotopic (exact) mass is 382 g/mol. The Morgan fingerprint density at radius 2 is 1.85 bits per heavy atom. The first-order valence-electron chi connectivity index (χ1n) is 9.56. The van der Waals surface area contributed by atoms with Crippen LogP contribution in [0.25, 0.3) is 0 Å². The number of carbonyl (C=O) groups excluding carboxylic acids is 1. The van der Waals surface area contributed by atoms with Crippen molar-refractivity contribution in [3.05, 3.63) is 18.2 Å². The van der Waals surface area contributed by atoms with Crippen LogP contribution in [0, 0.1) is 5.92 Å². The highest BCUT2D eigenvalue weighted by Crippen LogP contribution is 2.38. The van der Waals surface area contributed by atoms with Crippen molar-refractivity contribution in [3.8, 4) is 11.5 Å². The zero-order chi connectivity index (χ0) is 19.4. The van der Waals surface area contributed by atoms with E-state index in [4.69, 9.17) is 9.47 Å². The predicted molar refractivity (Wildman–Crippen MR) is 99.7 cm³/mol. The fourth-order valence-electron chi connectivity index (χ4n) is 4.06. The molecule has 1 heterocycles. The second-order valence-electron chi connectivity index (χ2n) is 7.52. The predicted octanol–water partition coefficient (Wildman–Crippen LogP) is 3.93. The molecule has 0 unspecified atom stereocenters. The van der Waals surface area contributed by atoms with Gasteiger partial charge in [0.1, 0.15) is 11.5 Å². The second-order valence-corrected chi connectivity index (χ2v) is 7.52. The van der Waals surface area contributed by atoms with Crippen LogP contribution in [0.2, 0.25) is 0 Å². The normalized spacial score (nSPS) is 25.0. The first-order valence-corrected chi connectivity index (χ1v) is 9.56. The van der Waals surface area contributed by atoms with E-state index in [1.54, 1.807) is 25.2 Å². The van der Waals surface area contributed by atoms with Crippen molar-refractivity contribution >= 4 is 11.6 Å². The Balaban J connectivity index is 1.63. The molecule has 2 fully saturated rings. The third kappa shape index (κ3) is 5.02. The van der Waals surface area contributed by atoms with Crippen LogP contribution in [0.4, 0.5) is 14.5 Å². The van der Waals surface area contributed by atoms with Crippen LogP contribution in [0.1, 0.15) is 38.5 Å². The minimum absolute atomic E-state index is 0.0728. The van der Waals surface area contributed by atoms with E-state index in [1.165, 1.54) is 0 Å². The van der Waals surface area contributed by atoms with Crippen LogP contribution in [-0.4, -0.2) is 50.1 Å². The van der Waals surface area contributed by atoms with Crippen LogP contribution in [0.5, 0.6) is 11.5 Å². The summed E-state index contributed by atoms with van der Waals surface area (Å²) in [5.41, 5.74) is 0.856. The number of rotatable bonds is 5. The molecule has 0 spiro atoms. The Morgan fingerprint density at radius 1 is 1.15 bits per heavy atom. The lowest BCUT2D eigenvalue weighted by Gasteiger charge is -2.37. The topological polar surface area (TPSA) is 50.8 Å². The lowest BCUT2D eigenvalue weighted by Crippen LogP contribution is -2.48. The van der Waals surface area contributed by atoms with Crippen molar-refractivity contribution in [1.29, 1.82) is 0 Å². The van der Waals surface area contributed by atoms with Gasteiger partial charge in [0, 0.05) is 61.8 Å². The number of alkyl halides is 2. The number of anilines is 1. The molecular weight excluding hydrogens is 354 g/mol. The summed E-state index contributed by atoms with van der Waals surface area (Å²) in [6.07, 6.45) is 2.35. The molecule has 5 nitrogen and oxygen atoms in total. The molecular formula is C20H28F2N2O3. The van der Waals surface area contributed by atoms with E-state index in [2.05, 4.69) is 5.32 Å². The Morgan fingerprint density at radius 3 is 2.48 bits per heavy atom. The van der Waals surface area contributed by atoms with Crippen LogP contribution in [-0.2, 0) is 4.79 Å². The highest BCUT2D eigenvalue weighted by Gasteiger charge is 2.41. The van der Waals surface area contributed by atoms with Crippen LogP contribution in [0.15, 0.2) is 18.2 Å². The number of halogens is 2. The van der Waals surface area contributed by atoms with Crippen LogP contribution < -0.4 is 14.8 Å². The van der Waals surface area contributed by atoms with Gasteiger partial charge in [-0.25, -0.2) is 8.78 Å². The number of piperidine rings is 1. The SMILES string of the molecule is COc1cc(N[C@@H]2CCCN(C(=O)[C@@H]3CCCC(F)(F)C3)C2)cc(OC)c1. The molecule has 3 rings (SSSR count). The summed E-state index contributed by atoms with van der Waals surface area (Å²) in [5, 5.41) is 3.43. The van der Waals surface area contributed by atoms with Gasteiger partial charge >= 0.3 is 0 Å². The summed E-state index contributed by atoms with van der Waals surface area (Å²) in [7, 11) is 3.19. The van der Waals surface area contributed by atoms with E-state index < -0.39 is 11.8 Å². The third-order valence-electron chi connectivity index (χ3n) is 5.44. The van der Waals surface area contributed by atoms with E-state index in [1.807, 2.05) is 12.1 Å². The van der Waals surface area contributed by atoms with Crippen molar-refractivity contribution in [3.63, 3.8) is 0 Å². The maximum Gasteiger partial charge on any atom is 0.248 e. The maximum atomic E-state index is 13.7. The van der Waals surface area contributed by atoms with Gasteiger partial charge in [-0.05, 0) is 25.7 Å². The number of likely N-dealkylation sites (tertiary alicyclic amines) is 1. The number of benzene rings is 1. The van der Waals surface area contributed by atoms with Gasteiger partial charge in [0.2, 0.25) is 11.8 Å². The van der Waals surface area contributed by atoms with Gasteiger partial charge in [-0.1, -0.05) is 0 Å². The first-order chi connectivity index (χ1) is 12.9. The largest absolute Gasteiger partial charge is 0.497 e. The van der Waals surface area contributed by atoms with Gasteiger partial charge < -0.3 is 19.7 Å². The molecule has 0 aromatic heterocycles. The van der Waals surface area contributed by atoms with Crippen molar-refractivity contribution in [2.24, 2.45) is 5.92 Å². The smallest absolute Gasteiger partial charge is 0.248 e. The molecule has 2 aliphatic rings. The molecule has 1 saturated carbocycles. The average molecular weight is 382 g/mol. The van der Waals surface area contributed by atoms with Crippen molar-refractivity contribution in [2.75, 3.05) is 32.6 Å². The Labute approximate surface area is 159 Å². The maximum absolute atomic E-state index is 13.7. The summed E-state index contributed by atoms with van der Waals surface area (Å²) in [5.74, 6) is -2.01. The van der Waals surface area contributed by atoms with E-state index in [-0.39, 0.29) is 24.8 Å². The van der Waals surface area contributed by atoms with Gasteiger partial charge in [-0.2, -0.15) is 0 Å². The van der Waals surface area contributed by atoms with E-state index in [0.717, 1.165) is 18.5 Å². The minimum Gasteiger partial charge on any atom is -0.497 e. The second kappa shape index (κ2) is 8.31. The van der Waals surface area contributed by atoms with Crippen molar-refractivity contribution in [1.82, 2.24) is 4.90 Å². The zero-order valence-corrected chi connectivity index (χ0v) is 16.0. The summed E-state index contributed by atoms with van der Waals surface area (Å²) >= 11 is 0. The molecule has 7 heteroatoms. The highest BCUT2D eigenvalue weighted by atomic mass is 19.3. The molecule has 2 atom stereocenters.